The minimum Gasteiger partial charge on any atom is -0.348 e. The van der Waals surface area contributed by atoms with Crippen LogP contribution in [-0.4, -0.2) is 15.9 Å². The molecular formula is C12H13N3O. The Bertz CT molecular complexity index is 460. The van der Waals surface area contributed by atoms with Crippen LogP contribution in [0.4, 0.5) is 5.69 Å². The first-order chi connectivity index (χ1) is 7.74. The third-order valence-corrected chi connectivity index (χ3v) is 2.24. The number of aryl methyl sites for hydroxylation is 1. The fraction of sp³-hybridized carbons (Fsp3) is 0.167. The van der Waals surface area contributed by atoms with Crippen LogP contribution in [0.25, 0.3) is 0 Å². The predicted octanol–water partition coefficient (Wildman–Crippen LogP) is 1.90. The summed E-state index contributed by atoms with van der Waals surface area (Å²) < 4.78 is 0. The first-order valence-electron chi connectivity index (χ1n) is 5.08. The highest BCUT2D eigenvalue weighted by molar-refractivity contribution is 5.91. The topological polar surface area (TPSA) is 57.8 Å². The van der Waals surface area contributed by atoms with Crippen molar-refractivity contribution in [2.45, 2.75) is 13.3 Å². The molecule has 4 heteroatoms. The van der Waals surface area contributed by atoms with Crippen molar-refractivity contribution in [3.8, 4) is 0 Å². The molecule has 1 aromatic carbocycles. The second-order valence-corrected chi connectivity index (χ2v) is 3.67. The van der Waals surface area contributed by atoms with Crippen molar-refractivity contribution < 1.29 is 4.79 Å². The van der Waals surface area contributed by atoms with Crippen LogP contribution >= 0.6 is 0 Å². The van der Waals surface area contributed by atoms with E-state index in [0.717, 1.165) is 11.4 Å². The second kappa shape index (κ2) is 4.61. The van der Waals surface area contributed by atoms with Crippen molar-refractivity contribution in [2.75, 3.05) is 5.32 Å². The van der Waals surface area contributed by atoms with Crippen LogP contribution < -0.4 is 5.32 Å². The summed E-state index contributed by atoms with van der Waals surface area (Å²) in [4.78, 5) is 18.4. The van der Waals surface area contributed by atoms with Gasteiger partial charge in [0.2, 0.25) is 5.91 Å². The Balaban J connectivity index is 1.95. The molecule has 16 heavy (non-hydrogen) atoms. The number of carbonyl (C=O) groups is 1. The first kappa shape index (κ1) is 10.4. The van der Waals surface area contributed by atoms with E-state index in [1.165, 1.54) is 5.56 Å². The van der Waals surface area contributed by atoms with E-state index in [2.05, 4.69) is 15.3 Å². The van der Waals surface area contributed by atoms with Crippen LogP contribution in [0.2, 0.25) is 0 Å². The van der Waals surface area contributed by atoms with Gasteiger partial charge in [0, 0.05) is 17.6 Å². The Kier molecular flexibility index (Phi) is 3.00. The van der Waals surface area contributed by atoms with E-state index in [1.807, 2.05) is 31.2 Å². The number of aromatic amines is 1. The third kappa shape index (κ3) is 2.70. The van der Waals surface area contributed by atoms with Crippen LogP contribution in [0.5, 0.6) is 0 Å². The van der Waals surface area contributed by atoms with Gasteiger partial charge in [-0.25, -0.2) is 4.98 Å². The molecule has 0 aliphatic rings. The fourth-order valence-corrected chi connectivity index (χ4v) is 1.40. The number of amides is 1. The fourth-order valence-electron chi connectivity index (χ4n) is 1.40. The van der Waals surface area contributed by atoms with Crippen molar-refractivity contribution in [1.29, 1.82) is 0 Å². The average Bonchev–Trinajstić information content (AvgIpc) is 2.74. The van der Waals surface area contributed by atoms with Crippen molar-refractivity contribution in [3.63, 3.8) is 0 Å². The Morgan fingerprint density at radius 3 is 2.75 bits per heavy atom. The Hall–Kier alpha value is -2.10. The Morgan fingerprint density at radius 2 is 2.12 bits per heavy atom. The minimum absolute atomic E-state index is 0.0481. The van der Waals surface area contributed by atoms with Gasteiger partial charge in [-0.2, -0.15) is 0 Å². The zero-order valence-corrected chi connectivity index (χ0v) is 9.03. The molecule has 1 aromatic heterocycles. The maximum absolute atomic E-state index is 11.6. The highest BCUT2D eigenvalue weighted by Gasteiger charge is 2.04. The summed E-state index contributed by atoms with van der Waals surface area (Å²) in [6.07, 6.45) is 3.52. The second-order valence-electron chi connectivity index (χ2n) is 3.67. The lowest BCUT2D eigenvalue weighted by Gasteiger charge is -2.04. The molecule has 2 rings (SSSR count). The van der Waals surface area contributed by atoms with E-state index in [4.69, 9.17) is 0 Å². The molecule has 0 radical (unpaired) electrons. The molecule has 0 aliphatic heterocycles. The lowest BCUT2D eigenvalue weighted by atomic mass is 10.2. The molecule has 0 fully saturated rings. The highest BCUT2D eigenvalue weighted by Crippen LogP contribution is 2.08. The van der Waals surface area contributed by atoms with E-state index in [-0.39, 0.29) is 5.91 Å². The van der Waals surface area contributed by atoms with Crippen LogP contribution in [-0.2, 0) is 11.2 Å². The smallest absolute Gasteiger partial charge is 0.230 e. The van der Waals surface area contributed by atoms with Gasteiger partial charge in [0.05, 0.1) is 12.7 Å². The highest BCUT2D eigenvalue weighted by atomic mass is 16.1. The lowest BCUT2D eigenvalue weighted by Crippen LogP contribution is -2.14. The van der Waals surface area contributed by atoms with Gasteiger partial charge < -0.3 is 10.3 Å². The summed E-state index contributed by atoms with van der Waals surface area (Å²) in [5, 5.41) is 2.82. The summed E-state index contributed by atoms with van der Waals surface area (Å²) in [5.74, 6) is -0.0481. The first-order valence-corrected chi connectivity index (χ1v) is 5.08. The number of aromatic nitrogens is 2. The largest absolute Gasteiger partial charge is 0.348 e. The standard InChI is InChI=1S/C12H13N3O/c1-9-2-4-10(5-3-9)15-12(16)6-11-7-13-8-14-11/h2-5,7-8H,6H2,1H3,(H,13,14)(H,15,16). The quantitative estimate of drug-likeness (QED) is 0.821. The number of hydrogen-bond acceptors (Lipinski definition) is 2. The van der Waals surface area contributed by atoms with Gasteiger partial charge in [-0.05, 0) is 19.1 Å². The number of nitrogens with zero attached hydrogens (tertiary/aromatic N) is 1. The van der Waals surface area contributed by atoms with Crippen LogP contribution in [0.1, 0.15) is 11.3 Å². The van der Waals surface area contributed by atoms with Gasteiger partial charge in [0.25, 0.3) is 0 Å². The molecule has 1 heterocycles. The van der Waals surface area contributed by atoms with Crippen LogP contribution in [0.15, 0.2) is 36.8 Å². The van der Waals surface area contributed by atoms with Gasteiger partial charge in [-0.3, -0.25) is 4.79 Å². The monoisotopic (exact) mass is 215 g/mol. The number of nitrogens with one attached hydrogen (secondary N) is 2. The van der Waals surface area contributed by atoms with E-state index >= 15 is 0 Å². The number of H-pyrrole nitrogens is 1. The van der Waals surface area contributed by atoms with E-state index in [1.54, 1.807) is 12.5 Å². The molecule has 0 bridgehead atoms. The van der Waals surface area contributed by atoms with E-state index < -0.39 is 0 Å². The van der Waals surface area contributed by atoms with E-state index in [0.29, 0.717) is 6.42 Å². The molecule has 0 atom stereocenters. The SMILES string of the molecule is Cc1ccc(NC(=O)Cc2cnc[nH]2)cc1. The number of anilines is 1. The minimum atomic E-state index is -0.0481. The predicted molar refractivity (Wildman–Crippen MR) is 62.1 cm³/mol. The summed E-state index contributed by atoms with van der Waals surface area (Å²) in [5.41, 5.74) is 2.80. The van der Waals surface area contributed by atoms with Crippen LogP contribution in [0, 0.1) is 6.92 Å². The van der Waals surface area contributed by atoms with Gasteiger partial charge in [-0.15, -0.1) is 0 Å². The molecule has 0 unspecified atom stereocenters. The van der Waals surface area contributed by atoms with E-state index in [9.17, 15) is 4.79 Å². The summed E-state index contributed by atoms with van der Waals surface area (Å²) in [7, 11) is 0. The van der Waals surface area contributed by atoms with Crippen molar-refractivity contribution in [1.82, 2.24) is 9.97 Å². The molecule has 2 aromatic rings. The molecule has 82 valence electrons. The molecule has 2 N–H and O–H groups in total. The number of carbonyl (C=O) groups excluding carboxylic acids is 1. The van der Waals surface area contributed by atoms with Gasteiger partial charge in [-0.1, -0.05) is 17.7 Å². The van der Waals surface area contributed by atoms with Gasteiger partial charge in [0.1, 0.15) is 0 Å². The number of imidazole rings is 1. The molecule has 0 saturated heterocycles. The zero-order chi connectivity index (χ0) is 11.4. The maximum Gasteiger partial charge on any atom is 0.230 e. The Morgan fingerprint density at radius 1 is 1.38 bits per heavy atom. The number of rotatable bonds is 3. The van der Waals surface area contributed by atoms with Gasteiger partial charge >= 0.3 is 0 Å². The van der Waals surface area contributed by atoms with Crippen LogP contribution in [0.3, 0.4) is 0 Å². The third-order valence-electron chi connectivity index (χ3n) is 2.24. The zero-order valence-electron chi connectivity index (χ0n) is 9.03. The molecule has 4 nitrogen and oxygen atoms in total. The molecule has 0 saturated carbocycles. The lowest BCUT2D eigenvalue weighted by molar-refractivity contribution is -0.115. The van der Waals surface area contributed by atoms with Crippen molar-refractivity contribution >= 4 is 11.6 Å². The van der Waals surface area contributed by atoms with Crippen molar-refractivity contribution in [2.24, 2.45) is 0 Å². The molecule has 0 spiro atoms. The normalized spacial score (nSPS) is 10.1. The summed E-state index contributed by atoms with van der Waals surface area (Å²) in [6, 6.07) is 7.71. The molecular weight excluding hydrogens is 202 g/mol. The molecule has 0 aliphatic carbocycles. The Labute approximate surface area is 93.7 Å². The maximum atomic E-state index is 11.6. The summed E-state index contributed by atoms with van der Waals surface area (Å²) >= 11 is 0. The van der Waals surface area contributed by atoms with Gasteiger partial charge in [0.15, 0.2) is 0 Å². The number of benzene rings is 1. The molecule has 1 amide bonds. The summed E-state index contributed by atoms with van der Waals surface area (Å²) in [6.45, 7) is 2.01. The average molecular weight is 215 g/mol. The number of hydrogen-bond donors (Lipinski definition) is 2. The van der Waals surface area contributed by atoms with Crippen molar-refractivity contribution in [3.05, 3.63) is 48.0 Å².